The average molecular weight is 425 g/mol. The van der Waals surface area contributed by atoms with Crippen LogP contribution in [-0.4, -0.2) is 42.1 Å². The molecule has 2 unspecified atom stereocenters. The molecule has 8 nitrogen and oxygen atoms in total. The fraction of sp³-hybridized carbons (Fsp3) is 0.522. The number of rotatable bonds is 6. The quantitative estimate of drug-likeness (QED) is 0.652. The van der Waals surface area contributed by atoms with E-state index in [1.165, 1.54) is 31.0 Å². The van der Waals surface area contributed by atoms with Crippen molar-refractivity contribution in [2.75, 3.05) is 30.8 Å². The van der Waals surface area contributed by atoms with E-state index in [1.54, 1.807) is 7.11 Å². The number of amides is 1. The van der Waals surface area contributed by atoms with Gasteiger partial charge in [0.15, 0.2) is 11.5 Å². The van der Waals surface area contributed by atoms with Gasteiger partial charge in [-0.15, -0.1) is 0 Å². The third-order valence-corrected chi connectivity index (χ3v) is 7.04. The number of benzene rings is 1. The molecular weight excluding hydrogens is 392 g/mol. The monoisotopic (exact) mass is 424 g/mol. The maximum absolute atomic E-state index is 11.8. The summed E-state index contributed by atoms with van der Waals surface area (Å²) in [6, 6.07) is 9.02. The van der Waals surface area contributed by atoms with Gasteiger partial charge in [0.2, 0.25) is 0 Å². The van der Waals surface area contributed by atoms with E-state index in [2.05, 4.69) is 39.2 Å². The van der Waals surface area contributed by atoms with E-state index in [1.807, 2.05) is 12.1 Å². The number of nitrogen functional groups attached to an aromatic ring is 1. The molecule has 0 bridgehead atoms. The molecule has 1 saturated heterocycles. The first-order valence-corrected chi connectivity index (χ1v) is 11.0. The molecule has 4 rings (SSSR count). The third kappa shape index (κ3) is 4.30. The number of hydrogen-bond acceptors (Lipinski definition) is 7. The van der Waals surface area contributed by atoms with Gasteiger partial charge in [0.1, 0.15) is 11.6 Å². The van der Waals surface area contributed by atoms with Crippen molar-refractivity contribution in [2.24, 2.45) is 11.1 Å². The van der Waals surface area contributed by atoms with Crippen LogP contribution in [0.3, 0.4) is 0 Å². The summed E-state index contributed by atoms with van der Waals surface area (Å²) >= 11 is 0. The van der Waals surface area contributed by atoms with Crippen molar-refractivity contribution in [2.45, 2.75) is 51.1 Å². The van der Waals surface area contributed by atoms with Crippen molar-refractivity contribution in [3.63, 3.8) is 0 Å². The molecule has 2 aliphatic rings. The molecule has 1 saturated carbocycles. The fourth-order valence-corrected chi connectivity index (χ4v) is 5.24. The number of nitrogens with two attached hydrogens (primary N) is 2. The van der Waals surface area contributed by atoms with Crippen LogP contribution in [0.1, 0.15) is 61.1 Å². The number of nitrogens with one attached hydrogen (secondary N) is 1. The van der Waals surface area contributed by atoms with Gasteiger partial charge in [-0.1, -0.05) is 18.6 Å². The first-order valence-electron chi connectivity index (χ1n) is 11.0. The minimum Gasteiger partial charge on any atom is -0.497 e. The van der Waals surface area contributed by atoms with E-state index in [0.717, 1.165) is 31.7 Å². The highest BCUT2D eigenvalue weighted by atomic mass is 16.5. The summed E-state index contributed by atoms with van der Waals surface area (Å²) in [5, 5.41) is 3.91. The van der Waals surface area contributed by atoms with Gasteiger partial charge in [-0.2, -0.15) is 0 Å². The van der Waals surface area contributed by atoms with Crippen molar-refractivity contribution in [1.29, 1.82) is 0 Å². The Morgan fingerprint density at radius 2 is 1.97 bits per heavy atom. The maximum Gasteiger partial charge on any atom is 0.271 e. The van der Waals surface area contributed by atoms with Crippen molar-refractivity contribution in [3.8, 4) is 5.75 Å². The zero-order valence-electron chi connectivity index (χ0n) is 18.3. The molecule has 2 heterocycles. The van der Waals surface area contributed by atoms with E-state index < -0.39 is 5.91 Å². The molecule has 31 heavy (non-hydrogen) atoms. The normalized spacial score (nSPS) is 21.2. The lowest BCUT2D eigenvalue weighted by Gasteiger charge is -2.44. The molecule has 1 aliphatic carbocycles. The Morgan fingerprint density at radius 3 is 2.61 bits per heavy atom. The number of hydrogen-bond donors (Lipinski definition) is 3. The molecule has 1 aromatic heterocycles. The molecule has 2 fully saturated rings. The molecule has 5 N–H and O–H groups in total. The summed E-state index contributed by atoms with van der Waals surface area (Å²) in [6.45, 7) is 3.85. The van der Waals surface area contributed by atoms with E-state index in [-0.39, 0.29) is 17.2 Å². The highest BCUT2D eigenvalue weighted by Gasteiger charge is 2.45. The largest absolute Gasteiger partial charge is 0.497 e. The van der Waals surface area contributed by atoms with E-state index in [4.69, 9.17) is 16.2 Å². The number of carbonyl (C=O) groups excluding carboxylic acids is 1. The topological polar surface area (TPSA) is 119 Å². The van der Waals surface area contributed by atoms with Gasteiger partial charge in [-0.25, -0.2) is 9.97 Å². The molecular formula is C23H32N6O2. The first-order chi connectivity index (χ1) is 14.9. The number of anilines is 2. The van der Waals surface area contributed by atoms with E-state index in [0.29, 0.717) is 17.7 Å². The predicted octanol–water partition coefficient (Wildman–Crippen LogP) is 2.66. The minimum atomic E-state index is -0.573. The van der Waals surface area contributed by atoms with Gasteiger partial charge in [0, 0.05) is 25.2 Å². The Bertz CT molecular complexity index is 924. The van der Waals surface area contributed by atoms with Crippen LogP contribution in [0.15, 0.2) is 30.5 Å². The van der Waals surface area contributed by atoms with Crippen molar-refractivity contribution >= 4 is 17.5 Å². The molecule has 1 spiro atoms. The average Bonchev–Trinajstić information content (AvgIpc) is 3.15. The number of piperidine rings is 1. The number of nitrogens with zero attached hydrogens (tertiary/aromatic N) is 3. The van der Waals surface area contributed by atoms with Crippen molar-refractivity contribution in [3.05, 3.63) is 41.7 Å². The standard InChI is InChI=1S/C23H32N6O2/c1-15(16-5-7-17(31-2)8-6-16)27-18-4-3-9-23(18)10-12-29(13-11-23)22-20(21(25)30)26-14-19(24)28-22/h5-8,14-15,18,27H,3-4,9-13H2,1-2H3,(H2,24,28)(H2,25,30). The lowest BCUT2D eigenvalue weighted by molar-refractivity contribution is 0.0995. The number of carbonyl (C=O) groups is 1. The molecule has 166 valence electrons. The second kappa shape index (κ2) is 8.70. The molecule has 1 aliphatic heterocycles. The Balaban J connectivity index is 1.45. The number of methoxy groups -OCH3 is 1. The van der Waals surface area contributed by atoms with Gasteiger partial charge >= 0.3 is 0 Å². The molecule has 2 atom stereocenters. The van der Waals surface area contributed by atoms with Crippen LogP contribution in [0, 0.1) is 5.41 Å². The van der Waals surface area contributed by atoms with Crippen LogP contribution in [0.25, 0.3) is 0 Å². The van der Waals surface area contributed by atoms with E-state index >= 15 is 0 Å². The minimum absolute atomic E-state index is 0.194. The first kappa shape index (κ1) is 21.4. The van der Waals surface area contributed by atoms with Crippen LogP contribution >= 0.6 is 0 Å². The summed E-state index contributed by atoms with van der Waals surface area (Å²) in [7, 11) is 1.69. The fourth-order valence-electron chi connectivity index (χ4n) is 5.24. The van der Waals surface area contributed by atoms with Gasteiger partial charge in [-0.3, -0.25) is 4.79 Å². The van der Waals surface area contributed by atoms with Gasteiger partial charge in [0.25, 0.3) is 5.91 Å². The van der Waals surface area contributed by atoms with Gasteiger partial charge in [-0.05, 0) is 55.7 Å². The van der Waals surface area contributed by atoms with Crippen LogP contribution in [0.2, 0.25) is 0 Å². The summed E-state index contributed by atoms with van der Waals surface area (Å²) in [5.74, 6) is 1.11. The maximum atomic E-state index is 11.8. The molecule has 8 heteroatoms. The van der Waals surface area contributed by atoms with Crippen LogP contribution < -0.4 is 26.4 Å². The van der Waals surface area contributed by atoms with E-state index in [9.17, 15) is 4.79 Å². The lowest BCUT2D eigenvalue weighted by Crippen LogP contribution is -2.49. The third-order valence-electron chi connectivity index (χ3n) is 7.04. The summed E-state index contributed by atoms with van der Waals surface area (Å²) < 4.78 is 5.28. The van der Waals surface area contributed by atoms with Crippen LogP contribution in [0.5, 0.6) is 5.75 Å². The second-order valence-corrected chi connectivity index (χ2v) is 8.79. The molecule has 0 radical (unpaired) electrons. The highest BCUT2D eigenvalue weighted by Crippen LogP contribution is 2.47. The number of aromatic nitrogens is 2. The van der Waals surface area contributed by atoms with Crippen molar-refractivity contribution < 1.29 is 9.53 Å². The Hall–Kier alpha value is -2.87. The Morgan fingerprint density at radius 1 is 1.26 bits per heavy atom. The van der Waals surface area contributed by atoms with Crippen LogP contribution in [-0.2, 0) is 0 Å². The molecule has 2 aromatic rings. The molecule has 1 aromatic carbocycles. The smallest absolute Gasteiger partial charge is 0.271 e. The number of primary amides is 1. The van der Waals surface area contributed by atoms with Gasteiger partial charge < -0.3 is 26.4 Å². The summed E-state index contributed by atoms with van der Waals surface area (Å²) in [4.78, 5) is 22.4. The summed E-state index contributed by atoms with van der Waals surface area (Å²) in [6.07, 6.45) is 7.09. The zero-order chi connectivity index (χ0) is 22.0. The lowest BCUT2D eigenvalue weighted by atomic mass is 9.73. The highest BCUT2D eigenvalue weighted by molar-refractivity contribution is 5.95. The SMILES string of the molecule is COc1ccc(C(C)NC2CCCC23CCN(c2nc(N)cnc2C(N)=O)CC3)cc1. The Labute approximate surface area is 183 Å². The van der Waals surface area contributed by atoms with Crippen molar-refractivity contribution in [1.82, 2.24) is 15.3 Å². The van der Waals surface area contributed by atoms with Gasteiger partial charge in [0.05, 0.1) is 13.3 Å². The summed E-state index contributed by atoms with van der Waals surface area (Å²) in [5.41, 5.74) is 13.1. The predicted molar refractivity (Wildman–Crippen MR) is 121 cm³/mol. The second-order valence-electron chi connectivity index (χ2n) is 8.79. The zero-order valence-corrected chi connectivity index (χ0v) is 18.3. The number of ether oxygens (including phenoxy) is 1. The Kier molecular flexibility index (Phi) is 6.00. The molecule has 1 amide bonds. The van der Waals surface area contributed by atoms with Crippen LogP contribution in [0.4, 0.5) is 11.6 Å².